The summed E-state index contributed by atoms with van der Waals surface area (Å²) < 4.78 is 5.80. The topological polar surface area (TPSA) is 55.4 Å². The van der Waals surface area contributed by atoms with Crippen LogP contribution < -0.4 is 10.1 Å². The number of nitrogens with one attached hydrogen (secondary N) is 1. The monoisotopic (exact) mass is 277 g/mol. The van der Waals surface area contributed by atoms with Crippen LogP contribution in [0.15, 0.2) is 29.2 Å². The van der Waals surface area contributed by atoms with Crippen molar-refractivity contribution in [3.63, 3.8) is 0 Å². The standard InChI is InChI=1S/C14H15NO3S/c1-3-9(2)18-11-7-5-4-6-10(11)8-12-13(16)15-14(17)19-12/h4-9H,3H2,1-2H3,(H,15,16,17)/b12-8-. The van der Waals surface area contributed by atoms with Crippen LogP contribution in [0.25, 0.3) is 6.08 Å². The van der Waals surface area contributed by atoms with Crippen LogP contribution in [0, 0.1) is 0 Å². The molecule has 1 saturated heterocycles. The van der Waals surface area contributed by atoms with E-state index in [1.165, 1.54) is 0 Å². The molecule has 1 atom stereocenters. The van der Waals surface area contributed by atoms with Crippen LogP contribution in [-0.4, -0.2) is 17.3 Å². The molecular formula is C14H15NO3S. The second-order valence-electron chi connectivity index (χ2n) is 4.23. The van der Waals surface area contributed by atoms with Crippen LogP contribution in [0.3, 0.4) is 0 Å². The lowest BCUT2D eigenvalue weighted by atomic mass is 10.1. The highest BCUT2D eigenvalue weighted by atomic mass is 32.2. The Morgan fingerprint density at radius 1 is 1.37 bits per heavy atom. The molecule has 1 fully saturated rings. The van der Waals surface area contributed by atoms with Crippen molar-refractivity contribution in [1.29, 1.82) is 0 Å². The molecule has 1 heterocycles. The number of hydrogen-bond donors (Lipinski definition) is 1. The molecule has 0 spiro atoms. The zero-order chi connectivity index (χ0) is 13.8. The Labute approximate surface area is 116 Å². The Bertz CT molecular complexity index is 539. The number of carbonyl (C=O) groups excluding carboxylic acids is 2. The Morgan fingerprint density at radius 3 is 2.74 bits per heavy atom. The molecule has 4 nitrogen and oxygen atoms in total. The molecule has 2 amide bonds. The molecule has 1 unspecified atom stereocenters. The fourth-order valence-electron chi connectivity index (χ4n) is 1.57. The van der Waals surface area contributed by atoms with E-state index in [4.69, 9.17) is 4.74 Å². The highest BCUT2D eigenvalue weighted by Crippen LogP contribution is 2.29. The van der Waals surface area contributed by atoms with E-state index in [2.05, 4.69) is 5.32 Å². The first-order valence-electron chi connectivity index (χ1n) is 6.10. The van der Waals surface area contributed by atoms with E-state index in [0.717, 1.165) is 29.5 Å². The molecule has 1 aliphatic rings. The molecule has 1 N–H and O–H groups in total. The van der Waals surface area contributed by atoms with Gasteiger partial charge in [-0.1, -0.05) is 25.1 Å². The highest BCUT2D eigenvalue weighted by molar-refractivity contribution is 8.18. The molecule has 19 heavy (non-hydrogen) atoms. The van der Waals surface area contributed by atoms with Crippen LogP contribution in [0.1, 0.15) is 25.8 Å². The maximum absolute atomic E-state index is 11.5. The van der Waals surface area contributed by atoms with Gasteiger partial charge in [0.15, 0.2) is 0 Å². The molecule has 0 radical (unpaired) electrons. The van der Waals surface area contributed by atoms with Crippen molar-refractivity contribution in [2.75, 3.05) is 0 Å². The number of para-hydroxylation sites is 1. The number of rotatable bonds is 4. The van der Waals surface area contributed by atoms with E-state index in [0.29, 0.717) is 4.91 Å². The van der Waals surface area contributed by atoms with Crippen LogP contribution >= 0.6 is 11.8 Å². The van der Waals surface area contributed by atoms with E-state index in [1.807, 2.05) is 38.1 Å². The summed E-state index contributed by atoms with van der Waals surface area (Å²) in [5.41, 5.74) is 0.801. The predicted octanol–water partition coefficient (Wildman–Crippen LogP) is 3.19. The van der Waals surface area contributed by atoms with Gasteiger partial charge in [-0.05, 0) is 37.2 Å². The van der Waals surface area contributed by atoms with Gasteiger partial charge in [0, 0.05) is 5.56 Å². The van der Waals surface area contributed by atoms with Gasteiger partial charge in [-0.25, -0.2) is 0 Å². The van der Waals surface area contributed by atoms with Crippen LogP contribution in [0.5, 0.6) is 5.75 Å². The molecule has 5 heteroatoms. The summed E-state index contributed by atoms with van der Waals surface area (Å²) in [6.07, 6.45) is 2.69. The number of imide groups is 1. The van der Waals surface area contributed by atoms with Gasteiger partial charge in [0.25, 0.3) is 11.1 Å². The van der Waals surface area contributed by atoms with E-state index in [-0.39, 0.29) is 17.3 Å². The van der Waals surface area contributed by atoms with Crippen molar-refractivity contribution in [3.05, 3.63) is 34.7 Å². The summed E-state index contributed by atoms with van der Waals surface area (Å²) in [5, 5.41) is 1.90. The lowest BCUT2D eigenvalue weighted by molar-refractivity contribution is -0.115. The molecule has 1 aromatic rings. The third-order valence-corrected chi connectivity index (χ3v) is 3.56. The summed E-state index contributed by atoms with van der Waals surface area (Å²) in [4.78, 5) is 23.0. The van der Waals surface area contributed by atoms with Crippen molar-refractivity contribution in [3.8, 4) is 5.75 Å². The van der Waals surface area contributed by atoms with Crippen LogP contribution in [-0.2, 0) is 4.79 Å². The van der Waals surface area contributed by atoms with Crippen LogP contribution in [0.4, 0.5) is 4.79 Å². The third kappa shape index (κ3) is 3.38. The SMILES string of the molecule is CCC(C)Oc1ccccc1/C=C1\SC(=O)NC1=O. The number of hydrogen-bond acceptors (Lipinski definition) is 4. The number of benzene rings is 1. The summed E-state index contributed by atoms with van der Waals surface area (Å²) in [6.45, 7) is 4.04. The van der Waals surface area contributed by atoms with E-state index in [9.17, 15) is 9.59 Å². The number of ether oxygens (including phenoxy) is 1. The number of thioether (sulfide) groups is 1. The zero-order valence-corrected chi connectivity index (χ0v) is 11.6. The first-order chi connectivity index (χ1) is 9.10. The van der Waals surface area contributed by atoms with Crippen molar-refractivity contribution < 1.29 is 14.3 Å². The number of carbonyl (C=O) groups is 2. The third-order valence-electron chi connectivity index (χ3n) is 2.75. The van der Waals surface area contributed by atoms with Crippen LogP contribution in [0.2, 0.25) is 0 Å². The summed E-state index contributed by atoms with van der Waals surface area (Å²) in [6, 6.07) is 7.47. The first-order valence-corrected chi connectivity index (χ1v) is 6.92. The minimum Gasteiger partial charge on any atom is -0.490 e. The maximum Gasteiger partial charge on any atom is 0.290 e. The van der Waals surface area contributed by atoms with Crippen molar-refractivity contribution in [2.24, 2.45) is 0 Å². The predicted molar refractivity (Wildman–Crippen MR) is 75.9 cm³/mol. The van der Waals surface area contributed by atoms with Crippen molar-refractivity contribution in [1.82, 2.24) is 5.32 Å². The molecule has 0 aromatic heterocycles. The van der Waals surface area contributed by atoms with Gasteiger partial charge in [-0.3, -0.25) is 14.9 Å². The van der Waals surface area contributed by atoms with Gasteiger partial charge in [-0.15, -0.1) is 0 Å². The summed E-state index contributed by atoms with van der Waals surface area (Å²) in [5.74, 6) is 0.366. The molecule has 0 bridgehead atoms. The van der Waals surface area contributed by atoms with Gasteiger partial charge in [0.2, 0.25) is 0 Å². The van der Waals surface area contributed by atoms with Gasteiger partial charge >= 0.3 is 0 Å². The van der Waals surface area contributed by atoms with E-state index in [1.54, 1.807) is 6.08 Å². The Balaban J connectivity index is 2.27. The highest BCUT2D eigenvalue weighted by Gasteiger charge is 2.25. The lowest BCUT2D eigenvalue weighted by Gasteiger charge is -2.14. The zero-order valence-electron chi connectivity index (χ0n) is 10.8. The summed E-state index contributed by atoms with van der Waals surface area (Å²) >= 11 is 0.908. The molecule has 2 rings (SSSR count). The molecule has 0 aliphatic carbocycles. The number of amides is 2. The van der Waals surface area contributed by atoms with E-state index >= 15 is 0 Å². The Hall–Kier alpha value is -1.75. The quantitative estimate of drug-likeness (QED) is 0.859. The Morgan fingerprint density at radius 2 is 2.11 bits per heavy atom. The smallest absolute Gasteiger partial charge is 0.290 e. The fraction of sp³-hybridized carbons (Fsp3) is 0.286. The normalized spacial score (nSPS) is 18.5. The van der Waals surface area contributed by atoms with Gasteiger partial charge in [-0.2, -0.15) is 0 Å². The molecular weight excluding hydrogens is 262 g/mol. The molecule has 0 saturated carbocycles. The average molecular weight is 277 g/mol. The van der Waals surface area contributed by atoms with Crippen molar-refractivity contribution >= 4 is 29.0 Å². The molecule has 1 aliphatic heterocycles. The van der Waals surface area contributed by atoms with Gasteiger partial charge in [0.05, 0.1) is 11.0 Å². The van der Waals surface area contributed by atoms with E-state index < -0.39 is 0 Å². The van der Waals surface area contributed by atoms with Gasteiger partial charge in [0.1, 0.15) is 5.75 Å². The molecule has 1 aromatic carbocycles. The van der Waals surface area contributed by atoms with Gasteiger partial charge < -0.3 is 4.74 Å². The fourth-order valence-corrected chi connectivity index (χ4v) is 2.24. The second-order valence-corrected chi connectivity index (χ2v) is 5.24. The molecule has 100 valence electrons. The minimum absolute atomic E-state index is 0.103. The lowest BCUT2D eigenvalue weighted by Crippen LogP contribution is -2.17. The second kappa shape index (κ2) is 5.93. The minimum atomic E-state index is -0.353. The largest absolute Gasteiger partial charge is 0.490 e. The summed E-state index contributed by atoms with van der Waals surface area (Å²) in [7, 11) is 0. The maximum atomic E-state index is 11.5. The average Bonchev–Trinajstić information content (AvgIpc) is 2.70. The van der Waals surface area contributed by atoms with Crippen molar-refractivity contribution in [2.45, 2.75) is 26.4 Å². The first kappa shape index (κ1) is 13.7. The Kier molecular flexibility index (Phi) is 4.27.